The third kappa shape index (κ3) is 4.02. The van der Waals surface area contributed by atoms with Crippen LogP contribution < -0.4 is 5.32 Å². The number of pyridine rings is 1. The van der Waals surface area contributed by atoms with Crippen LogP contribution in [0.4, 0.5) is 11.5 Å². The third-order valence-corrected chi connectivity index (χ3v) is 2.21. The van der Waals surface area contributed by atoms with Gasteiger partial charge in [-0.15, -0.1) is 0 Å². The molecule has 0 aliphatic carbocycles. The zero-order valence-corrected chi connectivity index (χ0v) is 9.99. The summed E-state index contributed by atoms with van der Waals surface area (Å²) in [7, 11) is 0. The van der Waals surface area contributed by atoms with Crippen LogP contribution in [0.5, 0.6) is 0 Å². The summed E-state index contributed by atoms with van der Waals surface area (Å²) in [6, 6.07) is 2.61. The highest BCUT2D eigenvalue weighted by Crippen LogP contribution is 2.20. The van der Waals surface area contributed by atoms with E-state index in [9.17, 15) is 10.1 Å². The average Bonchev–Trinajstić information content (AvgIpc) is 2.16. The van der Waals surface area contributed by atoms with Gasteiger partial charge in [0.25, 0.3) is 5.69 Å². The standard InChI is InChI=1S/C10H14ClN3O2/c1-7(2)3-4-12-10-6-8(14(15)16)5-9(11)13-10/h5-7H,3-4H2,1-2H3,(H,12,13). The molecule has 0 bridgehead atoms. The molecule has 0 unspecified atom stereocenters. The van der Waals surface area contributed by atoms with Crippen LogP contribution in [0.1, 0.15) is 20.3 Å². The van der Waals surface area contributed by atoms with Crippen LogP contribution in [-0.2, 0) is 0 Å². The maximum absolute atomic E-state index is 10.6. The minimum Gasteiger partial charge on any atom is -0.370 e. The molecule has 0 saturated heterocycles. The van der Waals surface area contributed by atoms with E-state index in [0.717, 1.165) is 13.0 Å². The SMILES string of the molecule is CC(C)CCNc1cc([N+](=O)[O-])cc(Cl)n1. The molecule has 1 N–H and O–H groups in total. The highest BCUT2D eigenvalue weighted by Gasteiger charge is 2.09. The molecule has 0 radical (unpaired) electrons. The first-order chi connectivity index (χ1) is 7.49. The molecular formula is C10H14ClN3O2. The van der Waals surface area contributed by atoms with E-state index in [4.69, 9.17) is 11.6 Å². The Morgan fingerprint density at radius 3 is 2.81 bits per heavy atom. The molecule has 16 heavy (non-hydrogen) atoms. The average molecular weight is 244 g/mol. The van der Waals surface area contributed by atoms with E-state index in [1.165, 1.54) is 12.1 Å². The summed E-state index contributed by atoms with van der Waals surface area (Å²) in [6.45, 7) is 4.94. The Bertz CT molecular complexity index is 382. The number of rotatable bonds is 5. The fourth-order valence-electron chi connectivity index (χ4n) is 1.17. The molecule has 5 nitrogen and oxygen atoms in total. The van der Waals surface area contributed by atoms with Gasteiger partial charge in [0.1, 0.15) is 11.0 Å². The van der Waals surface area contributed by atoms with Crippen molar-refractivity contribution in [1.82, 2.24) is 4.98 Å². The van der Waals surface area contributed by atoms with Crippen LogP contribution >= 0.6 is 11.6 Å². The molecule has 0 spiro atoms. The van der Waals surface area contributed by atoms with Crippen LogP contribution in [0.15, 0.2) is 12.1 Å². The van der Waals surface area contributed by atoms with Gasteiger partial charge in [0.15, 0.2) is 0 Å². The zero-order valence-electron chi connectivity index (χ0n) is 9.24. The van der Waals surface area contributed by atoms with Gasteiger partial charge in [-0.25, -0.2) is 4.98 Å². The van der Waals surface area contributed by atoms with Crippen molar-refractivity contribution in [3.8, 4) is 0 Å². The van der Waals surface area contributed by atoms with Crippen LogP contribution in [-0.4, -0.2) is 16.5 Å². The summed E-state index contributed by atoms with van der Waals surface area (Å²) < 4.78 is 0. The molecular weight excluding hydrogens is 230 g/mol. The van der Waals surface area contributed by atoms with Crippen molar-refractivity contribution >= 4 is 23.1 Å². The van der Waals surface area contributed by atoms with Gasteiger partial charge in [-0.2, -0.15) is 0 Å². The van der Waals surface area contributed by atoms with E-state index >= 15 is 0 Å². The van der Waals surface area contributed by atoms with Gasteiger partial charge in [-0.1, -0.05) is 25.4 Å². The number of hydrogen-bond acceptors (Lipinski definition) is 4. The zero-order chi connectivity index (χ0) is 12.1. The number of nitro groups is 1. The largest absolute Gasteiger partial charge is 0.370 e. The Hall–Kier alpha value is -1.36. The predicted octanol–water partition coefficient (Wildman–Crippen LogP) is 3.10. The van der Waals surface area contributed by atoms with Gasteiger partial charge in [0.05, 0.1) is 17.1 Å². The Balaban J connectivity index is 2.69. The number of halogens is 1. The van der Waals surface area contributed by atoms with E-state index in [-0.39, 0.29) is 10.8 Å². The summed E-state index contributed by atoms with van der Waals surface area (Å²) >= 11 is 5.68. The fraction of sp³-hybridized carbons (Fsp3) is 0.500. The van der Waals surface area contributed by atoms with Gasteiger partial charge >= 0.3 is 0 Å². The van der Waals surface area contributed by atoms with Crippen LogP contribution in [0.25, 0.3) is 0 Å². The minimum atomic E-state index is -0.485. The van der Waals surface area contributed by atoms with E-state index < -0.39 is 4.92 Å². The van der Waals surface area contributed by atoms with E-state index in [1.807, 2.05) is 0 Å². The molecule has 0 aliphatic rings. The lowest BCUT2D eigenvalue weighted by molar-refractivity contribution is -0.384. The van der Waals surface area contributed by atoms with Crippen molar-refractivity contribution in [1.29, 1.82) is 0 Å². The van der Waals surface area contributed by atoms with Crippen LogP contribution in [0, 0.1) is 16.0 Å². The van der Waals surface area contributed by atoms with Crippen molar-refractivity contribution in [3.05, 3.63) is 27.4 Å². The number of nitrogens with one attached hydrogen (secondary N) is 1. The Morgan fingerprint density at radius 2 is 2.25 bits per heavy atom. The lowest BCUT2D eigenvalue weighted by Gasteiger charge is -2.07. The first kappa shape index (κ1) is 12.7. The van der Waals surface area contributed by atoms with Gasteiger partial charge in [0, 0.05) is 6.54 Å². The molecule has 0 aromatic carbocycles. The van der Waals surface area contributed by atoms with Crippen LogP contribution in [0.2, 0.25) is 5.15 Å². The second-order valence-corrected chi connectivity index (χ2v) is 4.29. The topological polar surface area (TPSA) is 68.1 Å². The number of anilines is 1. The van der Waals surface area contributed by atoms with E-state index in [2.05, 4.69) is 24.1 Å². The van der Waals surface area contributed by atoms with Crippen molar-refractivity contribution in [2.45, 2.75) is 20.3 Å². The lowest BCUT2D eigenvalue weighted by atomic mass is 10.1. The molecule has 88 valence electrons. The molecule has 0 amide bonds. The van der Waals surface area contributed by atoms with Crippen molar-refractivity contribution in [2.75, 3.05) is 11.9 Å². The normalized spacial score (nSPS) is 10.5. The minimum absolute atomic E-state index is 0.0490. The number of nitrogens with zero attached hydrogens (tertiary/aromatic N) is 2. The van der Waals surface area contributed by atoms with Gasteiger partial charge < -0.3 is 5.32 Å². The highest BCUT2D eigenvalue weighted by atomic mass is 35.5. The van der Waals surface area contributed by atoms with Gasteiger partial charge in [0.2, 0.25) is 0 Å². The van der Waals surface area contributed by atoms with Crippen LogP contribution in [0.3, 0.4) is 0 Å². The van der Waals surface area contributed by atoms with E-state index in [0.29, 0.717) is 11.7 Å². The van der Waals surface area contributed by atoms with Crippen molar-refractivity contribution in [2.24, 2.45) is 5.92 Å². The molecule has 1 rings (SSSR count). The second kappa shape index (κ2) is 5.65. The summed E-state index contributed by atoms with van der Waals surface area (Å²) in [4.78, 5) is 14.1. The molecule has 0 atom stereocenters. The quantitative estimate of drug-likeness (QED) is 0.490. The lowest BCUT2D eigenvalue weighted by Crippen LogP contribution is -2.06. The van der Waals surface area contributed by atoms with Gasteiger partial charge in [-0.05, 0) is 12.3 Å². The molecule has 0 saturated carbocycles. The molecule has 1 aromatic rings. The first-order valence-corrected chi connectivity index (χ1v) is 5.42. The highest BCUT2D eigenvalue weighted by molar-refractivity contribution is 6.29. The third-order valence-electron chi connectivity index (χ3n) is 2.02. The fourth-order valence-corrected chi connectivity index (χ4v) is 1.37. The monoisotopic (exact) mass is 243 g/mol. The Labute approximate surface area is 99.0 Å². The summed E-state index contributed by atoms with van der Waals surface area (Å²) in [6.07, 6.45) is 0.974. The second-order valence-electron chi connectivity index (χ2n) is 3.90. The molecule has 1 aromatic heterocycles. The number of aromatic nitrogens is 1. The Morgan fingerprint density at radius 1 is 1.56 bits per heavy atom. The van der Waals surface area contributed by atoms with Crippen molar-refractivity contribution in [3.63, 3.8) is 0 Å². The summed E-state index contributed by atoms with van der Waals surface area (Å²) in [5.41, 5.74) is -0.0490. The smallest absolute Gasteiger partial charge is 0.276 e. The molecule has 6 heteroatoms. The van der Waals surface area contributed by atoms with E-state index in [1.54, 1.807) is 0 Å². The Kier molecular flexibility index (Phi) is 4.49. The molecule has 0 fully saturated rings. The van der Waals surface area contributed by atoms with Gasteiger partial charge in [-0.3, -0.25) is 10.1 Å². The maximum Gasteiger partial charge on any atom is 0.276 e. The number of hydrogen-bond donors (Lipinski definition) is 1. The maximum atomic E-state index is 10.6. The first-order valence-electron chi connectivity index (χ1n) is 5.05. The summed E-state index contributed by atoms with van der Waals surface area (Å²) in [5.74, 6) is 1.02. The van der Waals surface area contributed by atoms with Crippen molar-refractivity contribution < 1.29 is 4.92 Å². The molecule has 1 heterocycles. The predicted molar refractivity (Wildman–Crippen MR) is 63.8 cm³/mol. The molecule has 0 aliphatic heterocycles. The summed E-state index contributed by atoms with van der Waals surface area (Å²) in [5, 5.41) is 13.7.